The fourth-order valence-corrected chi connectivity index (χ4v) is 2.53. The normalized spacial score (nSPS) is 10.8. The second kappa shape index (κ2) is 4.69. The Morgan fingerprint density at radius 1 is 1.47 bits per heavy atom. The number of ether oxygens (including phenoxy) is 1. The third-order valence-corrected chi connectivity index (χ3v) is 3.56. The highest BCUT2D eigenvalue weighted by Gasteiger charge is 2.20. The van der Waals surface area contributed by atoms with Gasteiger partial charge >= 0.3 is 5.97 Å². The van der Waals surface area contributed by atoms with Crippen LogP contribution in [0.1, 0.15) is 10.4 Å². The van der Waals surface area contributed by atoms with Crippen molar-refractivity contribution in [3.05, 3.63) is 46.1 Å². The van der Waals surface area contributed by atoms with Gasteiger partial charge in [-0.3, -0.25) is 4.57 Å². The van der Waals surface area contributed by atoms with Crippen molar-refractivity contribution in [1.82, 2.24) is 14.5 Å². The maximum atomic E-state index is 12.0. The summed E-state index contributed by atoms with van der Waals surface area (Å²) in [7, 11) is 1.38. The molecule has 0 amide bonds. The van der Waals surface area contributed by atoms with Crippen molar-refractivity contribution in [3.8, 4) is 5.82 Å². The molecule has 1 aromatic carbocycles. The number of aromatic nitrogens is 3. The molecule has 0 bridgehead atoms. The van der Waals surface area contributed by atoms with E-state index in [2.05, 4.69) is 32.6 Å². The molecule has 0 spiro atoms. The molecule has 2 heterocycles. The Kier molecular flexibility index (Phi) is 3.02. The quantitative estimate of drug-likeness (QED) is 0.560. The van der Waals surface area contributed by atoms with Gasteiger partial charge < -0.3 is 9.72 Å². The summed E-state index contributed by atoms with van der Waals surface area (Å²) in [5.74, 6) is 0.304. The third kappa shape index (κ3) is 2.01. The first-order valence-corrected chi connectivity index (χ1v) is 6.66. The number of hydrogen-bond acceptors (Lipinski definition) is 3. The highest BCUT2D eigenvalue weighted by atomic mass is 127. The summed E-state index contributed by atoms with van der Waals surface area (Å²) in [6, 6.07) is 5.89. The largest absolute Gasteiger partial charge is 0.465 e. The average Bonchev–Trinajstić information content (AvgIpc) is 3.03. The van der Waals surface area contributed by atoms with Crippen LogP contribution in [0.2, 0.25) is 0 Å². The van der Waals surface area contributed by atoms with Gasteiger partial charge in [0, 0.05) is 26.9 Å². The number of halogens is 1. The molecule has 0 aliphatic heterocycles. The summed E-state index contributed by atoms with van der Waals surface area (Å²) in [6.45, 7) is 0. The summed E-state index contributed by atoms with van der Waals surface area (Å²) in [5.41, 5.74) is 1.42. The number of methoxy groups -OCH3 is 1. The first-order chi connectivity index (χ1) is 9.20. The van der Waals surface area contributed by atoms with Crippen LogP contribution in [-0.4, -0.2) is 27.6 Å². The molecule has 0 atom stereocenters. The SMILES string of the molecule is COC(=O)c1c(-n2ccnc2)[nH]c2ccc(I)cc12. The van der Waals surface area contributed by atoms with E-state index in [0.717, 1.165) is 14.5 Å². The Labute approximate surface area is 122 Å². The van der Waals surface area contributed by atoms with Gasteiger partial charge in [-0.05, 0) is 40.8 Å². The lowest BCUT2D eigenvalue weighted by Gasteiger charge is -2.03. The minimum Gasteiger partial charge on any atom is -0.465 e. The van der Waals surface area contributed by atoms with Crippen molar-refractivity contribution < 1.29 is 9.53 Å². The van der Waals surface area contributed by atoms with Crippen LogP contribution in [0.5, 0.6) is 0 Å². The number of carbonyl (C=O) groups excluding carboxylic acids is 1. The van der Waals surface area contributed by atoms with Crippen molar-refractivity contribution in [2.24, 2.45) is 0 Å². The number of nitrogens with one attached hydrogen (secondary N) is 1. The molecule has 2 aromatic heterocycles. The van der Waals surface area contributed by atoms with Crippen LogP contribution in [0.25, 0.3) is 16.7 Å². The minimum absolute atomic E-state index is 0.364. The molecule has 0 aliphatic rings. The van der Waals surface area contributed by atoms with E-state index in [0.29, 0.717) is 11.4 Å². The number of imidazole rings is 1. The first kappa shape index (κ1) is 12.2. The van der Waals surface area contributed by atoms with Gasteiger partial charge in [-0.25, -0.2) is 9.78 Å². The zero-order chi connectivity index (χ0) is 13.4. The van der Waals surface area contributed by atoms with Crippen molar-refractivity contribution in [2.75, 3.05) is 7.11 Å². The predicted molar refractivity (Wildman–Crippen MR) is 79.5 cm³/mol. The number of fused-ring (bicyclic) bond motifs is 1. The smallest absolute Gasteiger partial charge is 0.342 e. The van der Waals surface area contributed by atoms with Gasteiger partial charge in [0.15, 0.2) is 0 Å². The maximum absolute atomic E-state index is 12.0. The molecule has 5 nitrogen and oxygen atoms in total. The number of carbonyl (C=O) groups is 1. The fraction of sp³-hybridized carbons (Fsp3) is 0.0769. The minimum atomic E-state index is -0.364. The van der Waals surface area contributed by atoms with Gasteiger partial charge in [-0.1, -0.05) is 0 Å². The number of aromatic amines is 1. The summed E-state index contributed by atoms with van der Waals surface area (Å²) >= 11 is 2.22. The molecule has 0 saturated carbocycles. The van der Waals surface area contributed by atoms with Gasteiger partial charge in [-0.2, -0.15) is 0 Å². The second-order valence-electron chi connectivity index (χ2n) is 4.00. The van der Waals surface area contributed by atoms with Gasteiger partial charge in [0.1, 0.15) is 17.7 Å². The number of benzene rings is 1. The highest BCUT2D eigenvalue weighted by Crippen LogP contribution is 2.27. The molecule has 0 radical (unpaired) electrons. The molecule has 0 fully saturated rings. The van der Waals surface area contributed by atoms with Crippen molar-refractivity contribution in [2.45, 2.75) is 0 Å². The lowest BCUT2D eigenvalue weighted by Crippen LogP contribution is -2.05. The van der Waals surface area contributed by atoms with Crippen LogP contribution < -0.4 is 0 Å². The first-order valence-electron chi connectivity index (χ1n) is 5.58. The van der Waals surface area contributed by atoms with Gasteiger partial charge in [0.25, 0.3) is 0 Å². The highest BCUT2D eigenvalue weighted by molar-refractivity contribution is 14.1. The lowest BCUT2D eigenvalue weighted by molar-refractivity contribution is 0.0603. The van der Waals surface area contributed by atoms with E-state index in [1.807, 2.05) is 18.2 Å². The number of esters is 1. The summed E-state index contributed by atoms with van der Waals surface area (Å²) < 4.78 is 7.71. The van der Waals surface area contributed by atoms with Crippen LogP contribution in [0.3, 0.4) is 0 Å². The van der Waals surface area contributed by atoms with E-state index in [1.54, 1.807) is 23.3 Å². The molecular formula is C13H10IN3O2. The molecular weight excluding hydrogens is 357 g/mol. The summed E-state index contributed by atoms with van der Waals surface area (Å²) in [5, 5.41) is 0.849. The zero-order valence-corrected chi connectivity index (χ0v) is 12.2. The van der Waals surface area contributed by atoms with Crippen LogP contribution in [0.4, 0.5) is 0 Å². The zero-order valence-electron chi connectivity index (χ0n) is 10.1. The van der Waals surface area contributed by atoms with E-state index < -0.39 is 0 Å². The third-order valence-electron chi connectivity index (χ3n) is 2.89. The van der Waals surface area contributed by atoms with Crippen LogP contribution in [-0.2, 0) is 4.74 Å². The lowest BCUT2D eigenvalue weighted by atomic mass is 10.1. The molecule has 0 aliphatic carbocycles. The van der Waals surface area contributed by atoms with E-state index in [4.69, 9.17) is 4.74 Å². The fourth-order valence-electron chi connectivity index (χ4n) is 2.04. The summed E-state index contributed by atoms with van der Waals surface area (Å²) in [6.07, 6.45) is 5.08. The predicted octanol–water partition coefficient (Wildman–Crippen LogP) is 2.74. The standard InChI is InChI=1S/C13H10IN3O2/c1-19-13(18)11-9-6-8(14)2-3-10(9)16-12(11)17-5-4-15-7-17/h2-7,16H,1H3. The second-order valence-corrected chi connectivity index (χ2v) is 5.25. The molecule has 0 saturated heterocycles. The molecule has 3 aromatic rings. The van der Waals surface area contributed by atoms with Crippen molar-refractivity contribution >= 4 is 39.5 Å². The van der Waals surface area contributed by atoms with Crippen molar-refractivity contribution in [1.29, 1.82) is 0 Å². The maximum Gasteiger partial charge on any atom is 0.342 e. The molecule has 1 N–H and O–H groups in total. The Bertz CT molecular complexity index is 747. The van der Waals surface area contributed by atoms with Gasteiger partial charge in [0.2, 0.25) is 0 Å². The van der Waals surface area contributed by atoms with Gasteiger partial charge in [0.05, 0.1) is 7.11 Å². The van der Waals surface area contributed by atoms with E-state index in [9.17, 15) is 4.79 Å². The number of hydrogen-bond donors (Lipinski definition) is 1. The Balaban J connectivity index is 2.35. The Morgan fingerprint density at radius 2 is 2.32 bits per heavy atom. The molecule has 6 heteroatoms. The average molecular weight is 367 g/mol. The molecule has 96 valence electrons. The monoisotopic (exact) mass is 367 g/mol. The van der Waals surface area contributed by atoms with Crippen molar-refractivity contribution in [3.63, 3.8) is 0 Å². The molecule has 3 rings (SSSR count). The number of nitrogens with zero attached hydrogens (tertiary/aromatic N) is 2. The summed E-state index contributed by atoms with van der Waals surface area (Å²) in [4.78, 5) is 19.3. The Hall–Kier alpha value is -1.83. The van der Waals surface area contributed by atoms with Gasteiger partial charge in [-0.15, -0.1) is 0 Å². The van der Waals surface area contributed by atoms with E-state index >= 15 is 0 Å². The van der Waals surface area contributed by atoms with Crippen LogP contribution in [0.15, 0.2) is 36.9 Å². The van der Waals surface area contributed by atoms with Crippen LogP contribution in [0, 0.1) is 3.57 Å². The Morgan fingerprint density at radius 3 is 3.00 bits per heavy atom. The van der Waals surface area contributed by atoms with E-state index in [-0.39, 0.29) is 5.97 Å². The topological polar surface area (TPSA) is 59.9 Å². The molecule has 19 heavy (non-hydrogen) atoms. The number of H-pyrrole nitrogens is 1. The van der Waals surface area contributed by atoms with Crippen LogP contribution >= 0.6 is 22.6 Å². The number of rotatable bonds is 2. The molecule has 0 unspecified atom stereocenters. The van der Waals surface area contributed by atoms with E-state index in [1.165, 1.54) is 7.11 Å².